The van der Waals surface area contributed by atoms with E-state index in [1.807, 2.05) is 0 Å². The first-order valence-corrected chi connectivity index (χ1v) is 10.1. The maximum atomic E-state index is 13.0. The topological polar surface area (TPSA) is 84.5 Å². The number of methoxy groups -OCH3 is 1. The zero-order chi connectivity index (χ0) is 20.9. The van der Waals surface area contributed by atoms with Gasteiger partial charge in [-0.25, -0.2) is 13.1 Å². The molecule has 2 aromatic rings. The second kappa shape index (κ2) is 9.03. The Morgan fingerprint density at radius 1 is 1.18 bits per heavy atom. The van der Waals surface area contributed by atoms with Gasteiger partial charge in [0.25, 0.3) is 5.91 Å². The van der Waals surface area contributed by atoms with Gasteiger partial charge >= 0.3 is 6.18 Å². The number of hydrogen-bond donors (Lipinski definition) is 2. The summed E-state index contributed by atoms with van der Waals surface area (Å²) in [5.74, 6) is -0.746. The molecule has 0 radical (unpaired) electrons. The molecule has 0 aromatic heterocycles. The first-order valence-electron chi connectivity index (χ1n) is 7.81. The molecule has 2 rings (SSSR count). The molecule has 0 bridgehead atoms. The molecule has 0 atom stereocenters. The van der Waals surface area contributed by atoms with Gasteiger partial charge in [-0.1, -0.05) is 22.0 Å². The lowest BCUT2D eigenvalue weighted by Gasteiger charge is -2.12. The summed E-state index contributed by atoms with van der Waals surface area (Å²) in [6.07, 6.45) is -4.60. The van der Waals surface area contributed by atoms with Crippen molar-refractivity contribution in [3.8, 4) is 0 Å². The third kappa shape index (κ3) is 5.77. The molecule has 0 unspecified atom stereocenters. The molecule has 0 saturated heterocycles. The fourth-order valence-corrected chi connectivity index (χ4v) is 3.72. The number of amides is 1. The minimum absolute atomic E-state index is 0.0221. The zero-order valence-electron chi connectivity index (χ0n) is 14.5. The van der Waals surface area contributed by atoms with Crippen molar-refractivity contribution in [1.82, 2.24) is 4.72 Å². The van der Waals surface area contributed by atoms with E-state index in [1.54, 1.807) is 0 Å². The Morgan fingerprint density at radius 2 is 1.89 bits per heavy atom. The molecule has 11 heteroatoms. The molecule has 28 heavy (non-hydrogen) atoms. The molecule has 0 aliphatic rings. The molecule has 2 N–H and O–H groups in total. The summed E-state index contributed by atoms with van der Waals surface area (Å²) in [5.41, 5.74) is -1.04. The summed E-state index contributed by atoms with van der Waals surface area (Å²) in [5, 5.41) is 2.33. The Morgan fingerprint density at radius 3 is 2.54 bits per heavy atom. The van der Waals surface area contributed by atoms with Crippen molar-refractivity contribution in [1.29, 1.82) is 0 Å². The van der Waals surface area contributed by atoms with Crippen molar-refractivity contribution in [3.63, 3.8) is 0 Å². The number of halogens is 4. The van der Waals surface area contributed by atoms with E-state index in [0.29, 0.717) is 0 Å². The van der Waals surface area contributed by atoms with Gasteiger partial charge in [-0.15, -0.1) is 0 Å². The molecular formula is C17H16BrF3N2O4S. The molecule has 2 aromatic carbocycles. The number of alkyl halides is 3. The van der Waals surface area contributed by atoms with Gasteiger partial charge in [-0.3, -0.25) is 4.79 Å². The van der Waals surface area contributed by atoms with E-state index in [1.165, 1.54) is 37.4 Å². The maximum absolute atomic E-state index is 13.0. The lowest BCUT2D eigenvalue weighted by atomic mass is 10.1. The number of rotatable bonds is 7. The van der Waals surface area contributed by atoms with Gasteiger partial charge in [0, 0.05) is 29.4 Å². The Bertz CT molecular complexity index is 965. The zero-order valence-corrected chi connectivity index (χ0v) is 16.9. The Hall–Kier alpha value is -1.95. The van der Waals surface area contributed by atoms with E-state index in [2.05, 4.69) is 26.0 Å². The number of sulfonamides is 1. The third-order valence-corrected chi connectivity index (χ3v) is 5.68. The summed E-state index contributed by atoms with van der Waals surface area (Å²) in [7, 11) is -2.44. The summed E-state index contributed by atoms with van der Waals surface area (Å²) in [4.78, 5) is 12.2. The van der Waals surface area contributed by atoms with Crippen LogP contribution in [0.3, 0.4) is 0 Å². The van der Waals surface area contributed by atoms with Gasteiger partial charge in [0.2, 0.25) is 10.0 Å². The van der Waals surface area contributed by atoms with Crippen molar-refractivity contribution in [2.24, 2.45) is 0 Å². The third-order valence-electron chi connectivity index (χ3n) is 3.53. The van der Waals surface area contributed by atoms with E-state index in [-0.39, 0.29) is 33.8 Å². The summed E-state index contributed by atoms with van der Waals surface area (Å²) in [6, 6.07) is 8.40. The minimum atomic E-state index is -4.60. The molecule has 0 aliphatic carbocycles. The van der Waals surface area contributed by atoms with Crippen molar-refractivity contribution in [3.05, 3.63) is 58.1 Å². The molecule has 0 spiro atoms. The van der Waals surface area contributed by atoms with E-state index in [4.69, 9.17) is 4.74 Å². The van der Waals surface area contributed by atoms with Crippen molar-refractivity contribution in [2.45, 2.75) is 11.1 Å². The van der Waals surface area contributed by atoms with Crippen LogP contribution in [0.4, 0.5) is 18.9 Å². The van der Waals surface area contributed by atoms with Crippen LogP contribution < -0.4 is 10.0 Å². The van der Waals surface area contributed by atoms with Crippen molar-refractivity contribution in [2.75, 3.05) is 25.6 Å². The molecule has 152 valence electrons. The quantitative estimate of drug-likeness (QED) is 0.592. The Labute approximate surface area is 168 Å². The van der Waals surface area contributed by atoms with E-state index in [0.717, 1.165) is 12.1 Å². The number of hydrogen-bond acceptors (Lipinski definition) is 4. The number of benzene rings is 2. The average molecular weight is 481 g/mol. The van der Waals surface area contributed by atoms with Crippen molar-refractivity contribution >= 4 is 37.5 Å². The van der Waals surface area contributed by atoms with Crippen LogP contribution in [-0.2, 0) is 20.9 Å². The van der Waals surface area contributed by atoms with Crippen LogP contribution in [0.2, 0.25) is 0 Å². The van der Waals surface area contributed by atoms with E-state index < -0.39 is 27.7 Å². The number of carbonyl (C=O) groups excluding carboxylic acids is 1. The predicted octanol–water partition coefficient (Wildman–Crippen LogP) is 3.64. The Kier molecular flexibility index (Phi) is 7.21. The molecular weight excluding hydrogens is 465 g/mol. The number of ether oxygens (including phenoxy) is 1. The lowest BCUT2D eigenvalue weighted by molar-refractivity contribution is -0.138. The SMILES string of the molecule is COCCNS(=O)(=O)c1cccc(C(=O)Nc2ccc(Br)c(C(F)(F)F)c2)c1. The summed E-state index contributed by atoms with van der Waals surface area (Å²) in [6.45, 7) is 0.221. The first-order chi connectivity index (χ1) is 13.0. The van der Waals surface area contributed by atoms with Gasteiger partial charge in [-0.2, -0.15) is 13.2 Å². The fourth-order valence-electron chi connectivity index (χ4n) is 2.19. The highest BCUT2D eigenvalue weighted by Gasteiger charge is 2.33. The lowest BCUT2D eigenvalue weighted by Crippen LogP contribution is -2.27. The van der Waals surface area contributed by atoms with Crippen LogP contribution in [0.5, 0.6) is 0 Å². The fraction of sp³-hybridized carbons (Fsp3) is 0.235. The molecule has 0 aliphatic heterocycles. The Balaban J connectivity index is 2.22. The van der Waals surface area contributed by atoms with Gasteiger partial charge < -0.3 is 10.1 Å². The normalized spacial score (nSPS) is 12.0. The highest BCUT2D eigenvalue weighted by Crippen LogP contribution is 2.36. The van der Waals surface area contributed by atoms with Crippen LogP contribution in [0.25, 0.3) is 0 Å². The van der Waals surface area contributed by atoms with Crippen LogP contribution >= 0.6 is 15.9 Å². The second-order valence-corrected chi connectivity index (χ2v) is 8.19. The minimum Gasteiger partial charge on any atom is -0.383 e. The van der Waals surface area contributed by atoms with Gasteiger partial charge in [0.05, 0.1) is 17.1 Å². The van der Waals surface area contributed by atoms with Crippen LogP contribution in [0.1, 0.15) is 15.9 Å². The smallest absolute Gasteiger partial charge is 0.383 e. The highest BCUT2D eigenvalue weighted by molar-refractivity contribution is 9.10. The number of anilines is 1. The van der Waals surface area contributed by atoms with Gasteiger partial charge in [0.1, 0.15) is 0 Å². The van der Waals surface area contributed by atoms with E-state index in [9.17, 15) is 26.4 Å². The van der Waals surface area contributed by atoms with Crippen LogP contribution in [0.15, 0.2) is 51.8 Å². The van der Waals surface area contributed by atoms with Gasteiger partial charge in [0.15, 0.2) is 0 Å². The molecule has 1 amide bonds. The highest BCUT2D eigenvalue weighted by atomic mass is 79.9. The van der Waals surface area contributed by atoms with E-state index >= 15 is 0 Å². The summed E-state index contributed by atoms with van der Waals surface area (Å²) < 4.78 is 70.3. The molecule has 0 heterocycles. The standard InChI is InChI=1S/C17H16BrF3N2O4S/c1-27-8-7-22-28(25,26)13-4-2-3-11(9-13)16(24)23-12-5-6-15(18)14(10-12)17(19,20)21/h2-6,9-10,22H,7-8H2,1H3,(H,23,24). The average Bonchev–Trinajstić information content (AvgIpc) is 2.62. The molecule has 0 fully saturated rings. The second-order valence-electron chi connectivity index (χ2n) is 5.56. The first kappa shape index (κ1) is 22.3. The monoisotopic (exact) mass is 480 g/mol. The molecule has 0 saturated carbocycles. The van der Waals surface area contributed by atoms with Crippen LogP contribution in [-0.4, -0.2) is 34.6 Å². The number of carbonyl (C=O) groups is 1. The van der Waals surface area contributed by atoms with Crippen LogP contribution in [0, 0.1) is 0 Å². The van der Waals surface area contributed by atoms with Gasteiger partial charge in [-0.05, 0) is 36.4 Å². The summed E-state index contributed by atoms with van der Waals surface area (Å²) >= 11 is 2.82. The molecule has 6 nitrogen and oxygen atoms in total. The largest absolute Gasteiger partial charge is 0.417 e. The predicted molar refractivity (Wildman–Crippen MR) is 101 cm³/mol. The van der Waals surface area contributed by atoms with Crippen molar-refractivity contribution < 1.29 is 31.1 Å². The maximum Gasteiger partial charge on any atom is 0.417 e. The number of nitrogens with one attached hydrogen (secondary N) is 2.